The van der Waals surface area contributed by atoms with Crippen molar-refractivity contribution in [2.24, 2.45) is 17.8 Å². The van der Waals surface area contributed by atoms with Crippen molar-refractivity contribution in [2.45, 2.75) is 50.1 Å². The van der Waals surface area contributed by atoms with Crippen molar-refractivity contribution < 1.29 is 31.9 Å². The molecule has 3 fully saturated rings. The first-order chi connectivity index (χ1) is 18.0. The smallest absolute Gasteiger partial charge is 0.271 e. The Balaban J connectivity index is 1.41. The Kier molecular flexibility index (Phi) is 6.75. The maximum absolute atomic E-state index is 14.5. The molecule has 2 aromatic rings. The highest BCUT2D eigenvalue weighted by atomic mass is 35.5. The van der Waals surface area contributed by atoms with E-state index in [1.807, 2.05) is 6.07 Å². The number of fused-ring (bicyclic) bond motifs is 2. The topological polar surface area (TPSA) is 118 Å². The number of nitrogens with zero attached hydrogens (tertiary/aromatic N) is 2. The number of hydrogen-bond acceptors (Lipinski definition) is 4. The molecular formula is C25H24ClF4N5O3. The van der Waals surface area contributed by atoms with E-state index in [2.05, 4.69) is 15.6 Å². The summed E-state index contributed by atoms with van der Waals surface area (Å²) in [5, 5.41) is 14.2. The van der Waals surface area contributed by atoms with Crippen LogP contribution >= 0.6 is 11.6 Å². The van der Waals surface area contributed by atoms with E-state index in [1.165, 1.54) is 0 Å². The molecule has 1 aromatic carbocycles. The molecule has 3 N–H and O–H groups in total. The molecule has 1 aromatic heterocycles. The van der Waals surface area contributed by atoms with Gasteiger partial charge in [-0.2, -0.15) is 5.26 Å². The van der Waals surface area contributed by atoms with Gasteiger partial charge in [0, 0.05) is 37.2 Å². The van der Waals surface area contributed by atoms with Gasteiger partial charge in [-0.15, -0.1) is 0 Å². The summed E-state index contributed by atoms with van der Waals surface area (Å²) in [6.45, 7) is 0.365. The fraction of sp³-hybridized carbons (Fsp3) is 0.520. The predicted octanol–water partition coefficient (Wildman–Crippen LogP) is 3.51. The Morgan fingerprint density at radius 1 is 1.29 bits per heavy atom. The van der Waals surface area contributed by atoms with Crippen LogP contribution < -0.4 is 10.6 Å². The summed E-state index contributed by atoms with van der Waals surface area (Å²) < 4.78 is 57.3. The molecule has 3 aliphatic rings. The molecule has 1 saturated carbocycles. The zero-order valence-corrected chi connectivity index (χ0v) is 20.8. The molecule has 2 aliphatic heterocycles. The summed E-state index contributed by atoms with van der Waals surface area (Å²) in [5.41, 5.74) is -0.569. The zero-order valence-electron chi connectivity index (χ0n) is 20.0. The van der Waals surface area contributed by atoms with Crippen LogP contribution in [0.3, 0.4) is 0 Å². The lowest BCUT2D eigenvalue weighted by atomic mass is 9.90. The summed E-state index contributed by atoms with van der Waals surface area (Å²) in [5.74, 6) is -8.69. The number of benzene rings is 1. The van der Waals surface area contributed by atoms with Gasteiger partial charge in [0.2, 0.25) is 17.7 Å². The predicted molar refractivity (Wildman–Crippen MR) is 127 cm³/mol. The first-order valence-corrected chi connectivity index (χ1v) is 12.7. The molecule has 0 radical (unpaired) electrons. The molecule has 1 unspecified atom stereocenters. The summed E-state index contributed by atoms with van der Waals surface area (Å²) in [6.07, 6.45) is 0.180. The minimum Gasteiger partial charge on any atom is -0.356 e. The van der Waals surface area contributed by atoms with Gasteiger partial charge in [0.25, 0.3) is 5.91 Å². The van der Waals surface area contributed by atoms with E-state index < -0.39 is 77.1 Å². The second-order valence-electron chi connectivity index (χ2n) is 10.3. The molecule has 5 atom stereocenters. The van der Waals surface area contributed by atoms with Crippen LogP contribution in [0.25, 0.3) is 10.9 Å². The number of rotatable bonds is 5. The van der Waals surface area contributed by atoms with E-state index in [-0.39, 0.29) is 35.5 Å². The van der Waals surface area contributed by atoms with Gasteiger partial charge in [0.15, 0.2) is 5.82 Å². The van der Waals surface area contributed by atoms with Gasteiger partial charge in [-0.25, -0.2) is 17.6 Å². The van der Waals surface area contributed by atoms with Gasteiger partial charge >= 0.3 is 0 Å². The third-order valence-electron chi connectivity index (χ3n) is 7.78. The van der Waals surface area contributed by atoms with Gasteiger partial charge in [-0.05, 0) is 43.2 Å². The Morgan fingerprint density at radius 3 is 2.76 bits per heavy atom. The Bertz CT molecular complexity index is 1360. The highest BCUT2D eigenvalue weighted by molar-refractivity contribution is 6.31. The number of piperidine rings is 1. The number of nitriles is 1. The number of carbonyl (C=O) groups is 3. The van der Waals surface area contributed by atoms with E-state index in [9.17, 15) is 37.2 Å². The molecule has 3 amide bonds. The maximum atomic E-state index is 14.5. The van der Waals surface area contributed by atoms with Crippen molar-refractivity contribution in [1.82, 2.24) is 20.5 Å². The van der Waals surface area contributed by atoms with Gasteiger partial charge in [0.1, 0.15) is 23.6 Å². The third-order valence-corrected chi connectivity index (χ3v) is 8.06. The number of alkyl halides is 2. The number of halogens is 5. The fourth-order valence-corrected chi connectivity index (χ4v) is 6.24. The molecular weight excluding hydrogens is 530 g/mol. The number of hydrogen-bond donors (Lipinski definition) is 3. The number of amides is 3. The van der Waals surface area contributed by atoms with Gasteiger partial charge in [0.05, 0.1) is 16.6 Å². The summed E-state index contributed by atoms with van der Waals surface area (Å²) in [4.78, 5) is 42.6. The molecule has 8 nitrogen and oxygen atoms in total. The summed E-state index contributed by atoms with van der Waals surface area (Å²) in [6, 6.07) is 1.40. The number of H-pyrrole nitrogens is 1. The third kappa shape index (κ3) is 4.68. The molecule has 5 rings (SSSR count). The van der Waals surface area contributed by atoms with Crippen molar-refractivity contribution in [3.8, 4) is 6.07 Å². The van der Waals surface area contributed by atoms with Crippen molar-refractivity contribution >= 4 is 40.2 Å². The van der Waals surface area contributed by atoms with Crippen LogP contribution in [-0.4, -0.2) is 58.7 Å². The van der Waals surface area contributed by atoms with Crippen LogP contribution in [0.5, 0.6) is 0 Å². The largest absolute Gasteiger partial charge is 0.356 e. The minimum absolute atomic E-state index is 0.0420. The van der Waals surface area contributed by atoms with Gasteiger partial charge < -0.3 is 20.5 Å². The monoisotopic (exact) mass is 553 g/mol. The lowest BCUT2D eigenvalue weighted by molar-refractivity contribution is -0.129. The molecule has 38 heavy (non-hydrogen) atoms. The van der Waals surface area contributed by atoms with Crippen LogP contribution in [0, 0.1) is 40.7 Å². The molecule has 202 valence electrons. The summed E-state index contributed by atoms with van der Waals surface area (Å²) in [7, 11) is 0. The average Bonchev–Trinajstić information content (AvgIpc) is 3.53. The Morgan fingerprint density at radius 2 is 2.05 bits per heavy atom. The normalized spacial score (nSPS) is 27.1. The van der Waals surface area contributed by atoms with Crippen molar-refractivity contribution in [2.75, 3.05) is 13.1 Å². The standard InChI is InChI=1S/C25H24ClF4N5O3/c26-16-6-17(27)14-5-18(34-20(14)19(16)28)24(38)35-10-12-7-25(29,30)8-15(12)21(35)23(37)33-13(9-31)4-11-2-1-3-32-22(11)36/h5-6,11-13,15,21,34H,1-4,7-8,10H2,(H,32,36)(H,33,37)/t11-,12-,13?,15-,21-/m0/s1. The molecule has 2 saturated heterocycles. The van der Waals surface area contributed by atoms with Crippen molar-refractivity contribution in [3.05, 3.63) is 34.5 Å². The van der Waals surface area contributed by atoms with E-state index in [0.29, 0.717) is 13.0 Å². The molecule has 0 spiro atoms. The van der Waals surface area contributed by atoms with Crippen LogP contribution in [0.1, 0.15) is 42.6 Å². The second-order valence-corrected chi connectivity index (χ2v) is 10.7. The number of aromatic amines is 1. The number of carbonyl (C=O) groups excluding carboxylic acids is 3. The first-order valence-electron chi connectivity index (χ1n) is 12.3. The SMILES string of the molecule is N#CC(C[C@@H]1CCCNC1=O)NC(=O)[C@@H]1[C@H]2CC(F)(F)C[C@H]2CN1C(=O)c1cc2c(F)cc(Cl)c(F)c2[nH]1. The molecule has 0 bridgehead atoms. The Labute approximate surface area is 219 Å². The van der Waals surface area contributed by atoms with Crippen LogP contribution in [-0.2, 0) is 9.59 Å². The van der Waals surface area contributed by atoms with E-state index in [1.54, 1.807) is 0 Å². The number of nitrogens with one attached hydrogen (secondary N) is 3. The van der Waals surface area contributed by atoms with Crippen molar-refractivity contribution in [1.29, 1.82) is 5.26 Å². The zero-order chi connectivity index (χ0) is 27.4. The van der Waals surface area contributed by atoms with Crippen LogP contribution in [0.4, 0.5) is 17.6 Å². The maximum Gasteiger partial charge on any atom is 0.271 e. The lowest BCUT2D eigenvalue weighted by Gasteiger charge is -2.29. The molecule has 13 heteroatoms. The number of likely N-dealkylation sites (tertiary alicyclic amines) is 1. The fourth-order valence-electron chi connectivity index (χ4n) is 6.05. The highest BCUT2D eigenvalue weighted by Gasteiger charge is 2.58. The van der Waals surface area contributed by atoms with Gasteiger partial charge in [-0.3, -0.25) is 14.4 Å². The first kappa shape index (κ1) is 26.3. The quantitative estimate of drug-likeness (QED) is 0.388. The second kappa shape index (κ2) is 9.76. The van der Waals surface area contributed by atoms with E-state index in [0.717, 1.165) is 23.5 Å². The molecule has 1 aliphatic carbocycles. The average molecular weight is 554 g/mol. The Hall–Kier alpha value is -3.33. The van der Waals surface area contributed by atoms with Crippen LogP contribution in [0.15, 0.2) is 12.1 Å². The van der Waals surface area contributed by atoms with Gasteiger partial charge in [-0.1, -0.05) is 11.6 Å². The highest BCUT2D eigenvalue weighted by Crippen LogP contribution is 2.50. The minimum atomic E-state index is -3.01. The van der Waals surface area contributed by atoms with E-state index in [4.69, 9.17) is 11.6 Å². The van der Waals surface area contributed by atoms with Crippen molar-refractivity contribution in [3.63, 3.8) is 0 Å². The molecule has 3 heterocycles. The number of aromatic nitrogens is 1. The lowest BCUT2D eigenvalue weighted by Crippen LogP contribution is -2.52. The summed E-state index contributed by atoms with van der Waals surface area (Å²) >= 11 is 5.70. The van der Waals surface area contributed by atoms with Crippen LogP contribution in [0.2, 0.25) is 5.02 Å². The van der Waals surface area contributed by atoms with E-state index >= 15 is 0 Å².